The van der Waals surface area contributed by atoms with Crippen molar-refractivity contribution in [3.8, 4) is 0 Å². The van der Waals surface area contributed by atoms with Crippen LogP contribution in [0.25, 0.3) is 0 Å². The molecule has 1 aliphatic rings. The van der Waals surface area contributed by atoms with Crippen molar-refractivity contribution in [3.63, 3.8) is 0 Å². The molecule has 0 saturated carbocycles. The molecule has 2 N–H and O–H groups in total. The van der Waals surface area contributed by atoms with Crippen LogP contribution in [0.4, 0.5) is 0 Å². The number of benzene rings is 1. The summed E-state index contributed by atoms with van der Waals surface area (Å²) >= 11 is 15.3. The van der Waals surface area contributed by atoms with Gasteiger partial charge in [0.2, 0.25) is 10.0 Å². The number of piperidine rings is 1. The smallest absolute Gasteiger partial charge is 0.246 e. The Kier molecular flexibility index (Phi) is 5.04. The van der Waals surface area contributed by atoms with Gasteiger partial charge in [-0.15, -0.1) is 0 Å². The van der Waals surface area contributed by atoms with Gasteiger partial charge < -0.3 is 5.73 Å². The molecular formula is C12H15BrCl2N2O2S. The minimum absolute atomic E-state index is 0.0502. The number of nitrogens with zero attached hydrogens (tertiary/aromatic N) is 1. The van der Waals surface area contributed by atoms with Gasteiger partial charge in [0.05, 0.1) is 10.0 Å². The van der Waals surface area contributed by atoms with Crippen molar-refractivity contribution >= 4 is 49.2 Å². The third kappa shape index (κ3) is 3.15. The highest BCUT2D eigenvalue weighted by atomic mass is 79.9. The van der Waals surface area contributed by atoms with E-state index in [9.17, 15) is 8.42 Å². The van der Waals surface area contributed by atoms with E-state index in [-0.39, 0.29) is 27.5 Å². The molecule has 0 aromatic heterocycles. The summed E-state index contributed by atoms with van der Waals surface area (Å²) in [5, 5.41) is 0.216. The van der Waals surface area contributed by atoms with Crippen LogP contribution in [-0.4, -0.2) is 31.9 Å². The molecule has 1 aromatic carbocycles. The number of halogens is 3. The number of hydrogen-bond donors (Lipinski definition) is 1. The second kappa shape index (κ2) is 6.10. The fraction of sp³-hybridized carbons (Fsp3) is 0.500. The van der Waals surface area contributed by atoms with Crippen LogP contribution < -0.4 is 5.73 Å². The van der Waals surface area contributed by atoms with Gasteiger partial charge in [-0.1, -0.05) is 46.1 Å². The van der Waals surface area contributed by atoms with Crippen molar-refractivity contribution in [1.82, 2.24) is 4.31 Å². The Labute approximate surface area is 137 Å². The van der Waals surface area contributed by atoms with Gasteiger partial charge in [-0.2, -0.15) is 4.31 Å². The minimum Gasteiger partial charge on any atom is -0.326 e. The fourth-order valence-electron chi connectivity index (χ4n) is 2.19. The molecule has 112 valence electrons. The molecule has 1 saturated heterocycles. The standard InChI is InChI=1S/C12H15BrCl2N2O2S/c1-7-2-3-17(6-11(7)16)20(18,19)12-9(14)4-8(13)5-10(12)15/h4-5,7,11H,2-3,6,16H2,1H3. The number of rotatable bonds is 2. The van der Waals surface area contributed by atoms with E-state index in [0.29, 0.717) is 16.9 Å². The van der Waals surface area contributed by atoms with Gasteiger partial charge in [-0.3, -0.25) is 0 Å². The number of hydrogen-bond acceptors (Lipinski definition) is 3. The molecule has 1 aromatic rings. The summed E-state index contributed by atoms with van der Waals surface area (Å²) in [4.78, 5) is -0.0502. The number of sulfonamides is 1. The van der Waals surface area contributed by atoms with Crippen molar-refractivity contribution in [2.24, 2.45) is 11.7 Å². The quantitative estimate of drug-likeness (QED) is 0.827. The Hall–Kier alpha value is 0.150. The Morgan fingerprint density at radius 3 is 2.40 bits per heavy atom. The lowest BCUT2D eigenvalue weighted by Crippen LogP contribution is -2.49. The molecule has 4 nitrogen and oxygen atoms in total. The molecule has 0 radical (unpaired) electrons. The molecule has 2 rings (SSSR count). The Bertz CT molecular complexity index is 601. The zero-order chi connectivity index (χ0) is 15.1. The largest absolute Gasteiger partial charge is 0.326 e. The van der Waals surface area contributed by atoms with Crippen LogP contribution in [0.5, 0.6) is 0 Å². The lowest BCUT2D eigenvalue weighted by atomic mass is 9.96. The van der Waals surface area contributed by atoms with Crippen LogP contribution in [-0.2, 0) is 10.0 Å². The molecular weight excluding hydrogens is 387 g/mol. The normalized spacial score (nSPS) is 24.9. The lowest BCUT2D eigenvalue weighted by Gasteiger charge is -2.34. The Morgan fingerprint density at radius 1 is 1.35 bits per heavy atom. The van der Waals surface area contributed by atoms with Gasteiger partial charge in [0.25, 0.3) is 0 Å². The van der Waals surface area contributed by atoms with E-state index in [2.05, 4.69) is 15.9 Å². The molecule has 0 amide bonds. The molecule has 1 fully saturated rings. The first-order chi connectivity index (χ1) is 9.23. The predicted molar refractivity (Wildman–Crippen MR) is 84.7 cm³/mol. The summed E-state index contributed by atoms with van der Waals surface area (Å²) in [7, 11) is -3.73. The van der Waals surface area contributed by atoms with Crippen LogP contribution in [0.2, 0.25) is 10.0 Å². The maximum absolute atomic E-state index is 12.7. The summed E-state index contributed by atoms with van der Waals surface area (Å²) in [5.41, 5.74) is 5.96. The average Bonchev–Trinajstić information content (AvgIpc) is 2.30. The molecule has 0 aliphatic carbocycles. The van der Waals surface area contributed by atoms with Crippen molar-refractivity contribution < 1.29 is 8.42 Å². The van der Waals surface area contributed by atoms with E-state index in [0.717, 1.165) is 6.42 Å². The average molecular weight is 402 g/mol. The van der Waals surface area contributed by atoms with Gasteiger partial charge in [0, 0.05) is 23.6 Å². The molecule has 2 unspecified atom stereocenters. The second-order valence-electron chi connectivity index (χ2n) is 4.99. The third-order valence-corrected chi connectivity index (χ3v) is 6.79. The lowest BCUT2D eigenvalue weighted by molar-refractivity contribution is 0.253. The van der Waals surface area contributed by atoms with E-state index in [1.54, 1.807) is 0 Å². The molecule has 0 spiro atoms. The van der Waals surface area contributed by atoms with E-state index in [1.807, 2.05) is 6.92 Å². The fourth-order valence-corrected chi connectivity index (χ4v) is 5.57. The summed E-state index contributed by atoms with van der Waals surface area (Å²) in [6.07, 6.45) is 0.728. The zero-order valence-corrected chi connectivity index (χ0v) is 14.7. The van der Waals surface area contributed by atoms with Crippen molar-refractivity contribution in [1.29, 1.82) is 0 Å². The summed E-state index contributed by atoms with van der Waals surface area (Å²) in [5.74, 6) is 0.303. The van der Waals surface area contributed by atoms with Crippen LogP contribution >= 0.6 is 39.1 Å². The van der Waals surface area contributed by atoms with E-state index < -0.39 is 10.0 Å². The first-order valence-electron chi connectivity index (χ1n) is 6.13. The van der Waals surface area contributed by atoms with Crippen LogP contribution in [0.3, 0.4) is 0 Å². The molecule has 0 bridgehead atoms. The maximum Gasteiger partial charge on any atom is 0.246 e. The van der Waals surface area contributed by atoms with Gasteiger partial charge in [0.15, 0.2) is 0 Å². The predicted octanol–water partition coefficient (Wildman–Crippen LogP) is 3.11. The monoisotopic (exact) mass is 400 g/mol. The first-order valence-corrected chi connectivity index (χ1v) is 9.12. The zero-order valence-electron chi connectivity index (χ0n) is 10.8. The van der Waals surface area contributed by atoms with Gasteiger partial charge in [-0.25, -0.2) is 8.42 Å². The van der Waals surface area contributed by atoms with Crippen LogP contribution in [0.15, 0.2) is 21.5 Å². The topological polar surface area (TPSA) is 63.4 Å². The highest BCUT2D eigenvalue weighted by molar-refractivity contribution is 9.10. The maximum atomic E-state index is 12.7. The first kappa shape index (κ1) is 16.5. The highest BCUT2D eigenvalue weighted by Crippen LogP contribution is 2.35. The summed E-state index contributed by atoms with van der Waals surface area (Å²) < 4.78 is 27.4. The molecule has 20 heavy (non-hydrogen) atoms. The molecule has 8 heteroatoms. The van der Waals surface area contributed by atoms with Crippen LogP contribution in [0.1, 0.15) is 13.3 Å². The van der Waals surface area contributed by atoms with E-state index in [1.165, 1.54) is 16.4 Å². The Morgan fingerprint density at radius 2 is 1.90 bits per heavy atom. The number of nitrogens with two attached hydrogens (primary N) is 1. The Balaban J connectivity index is 2.41. The van der Waals surface area contributed by atoms with Crippen molar-refractivity contribution in [2.75, 3.05) is 13.1 Å². The van der Waals surface area contributed by atoms with Gasteiger partial charge >= 0.3 is 0 Å². The highest BCUT2D eigenvalue weighted by Gasteiger charge is 2.34. The molecule has 2 atom stereocenters. The van der Waals surface area contributed by atoms with Crippen molar-refractivity contribution in [2.45, 2.75) is 24.3 Å². The van der Waals surface area contributed by atoms with Crippen molar-refractivity contribution in [3.05, 3.63) is 26.7 Å². The SMILES string of the molecule is CC1CCN(S(=O)(=O)c2c(Cl)cc(Br)cc2Cl)CC1N. The van der Waals surface area contributed by atoms with Gasteiger partial charge in [-0.05, 0) is 24.5 Å². The second-order valence-corrected chi connectivity index (χ2v) is 8.60. The summed E-state index contributed by atoms with van der Waals surface area (Å²) in [6, 6.07) is 2.87. The van der Waals surface area contributed by atoms with E-state index in [4.69, 9.17) is 28.9 Å². The third-order valence-electron chi connectivity index (χ3n) is 3.54. The minimum atomic E-state index is -3.73. The molecule has 1 aliphatic heterocycles. The summed E-state index contributed by atoms with van der Waals surface area (Å²) in [6.45, 7) is 2.74. The van der Waals surface area contributed by atoms with E-state index >= 15 is 0 Å². The van der Waals surface area contributed by atoms with Gasteiger partial charge in [0.1, 0.15) is 4.90 Å². The van der Waals surface area contributed by atoms with Crippen LogP contribution in [0, 0.1) is 5.92 Å². The molecule has 1 heterocycles.